The zero-order chi connectivity index (χ0) is 18.4. The van der Waals surface area contributed by atoms with Crippen molar-refractivity contribution in [3.8, 4) is 6.07 Å². The number of benzene rings is 1. The minimum atomic E-state index is 0.195. The van der Waals surface area contributed by atoms with Crippen LogP contribution >= 0.6 is 11.8 Å². The third kappa shape index (κ3) is 5.10. The molecule has 0 saturated carbocycles. The van der Waals surface area contributed by atoms with Crippen molar-refractivity contribution in [2.75, 3.05) is 31.9 Å². The van der Waals surface area contributed by atoms with Crippen LogP contribution < -0.4 is 0 Å². The van der Waals surface area contributed by atoms with Crippen LogP contribution in [0.1, 0.15) is 22.6 Å². The van der Waals surface area contributed by atoms with Gasteiger partial charge in [-0.25, -0.2) is 0 Å². The molecule has 136 valence electrons. The number of aryl methyl sites for hydroxylation is 1. The van der Waals surface area contributed by atoms with Crippen LogP contribution in [0.2, 0.25) is 0 Å². The van der Waals surface area contributed by atoms with E-state index < -0.39 is 0 Å². The van der Waals surface area contributed by atoms with Crippen LogP contribution in [0.5, 0.6) is 0 Å². The molecule has 1 aliphatic rings. The predicted octanol–water partition coefficient (Wildman–Crippen LogP) is 2.43. The van der Waals surface area contributed by atoms with Gasteiger partial charge in [0.2, 0.25) is 5.91 Å². The maximum atomic E-state index is 12.4. The van der Waals surface area contributed by atoms with Gasteiger partial charge in [-0.2, -0.15) is 5.26 Å². The summed E-state index contributed by atoms with van der Waals surface area (Å²) in [5.41, 5.74) is 2.74. The Labute approximate surface area is 157 Å². The van der Waals surface area contributed by atoms with Crippen LogP contribution in [0.3, 0.4) is 0 Å². The highest BCUT2D eigenvalue weighted by molar-refractivity contribution is 7.99. The number of carbonyl (C=O) groups excluding carboxylic acids is 1. The second-order valence-electron chi connectivity index (χ2n) is 6.39. The van der Waals surface area contributed by atoms with Gasteiger partial charge in [-0.1, -0.05) is 17.3 Å². The molecular weight excluding hydrogens is 348 g/mol. The molecule has 0 atom stereocenters. The summed E-state index contributed by atoms with van der Waals surface area (Å²) >= 11 is 1.62. The third-order valence-electron chi connectivity index (χ3n) is 4.36. The predicted molar refractivity (Wildman–Crippen MR) is 100 cm³/mol. The summed E-state index contributed by atoms with van der Waals surface area (Å²) in [4.78, 5) is 16.6. The van der Waals surface area contributed by atoms with Gasteiger partial charge in [-0.15, -0.1) is 11.8 Å². The standard InChI is InChI=1S/C19H22N4O2S/c1-15-10-18(21-25-15)12-22-6-8-23(9-7-22)19(24)14-26-13-17-4-2-16(11-20)3-5-17/h2-5,10H,6-9,12-14H2,1H3. The van der Waals surface area contributed by atoms with Crippen molar-refractivity contribution in [3.63, 3.8) is 0 Å². The SMILES string of the molecule is Cc1cc(CN2CCN(C(=O)CSCc3ccc(C#N)cc3)CC2)no1. The van der Waals surface area contributed by atoms with E-state index in [1.165, 1.54) is 0 Å². The first kappa shape index (κ1) is 18.5. The fourth-order valence-electron chi connectivity index (χ4n) is 2.90. The van der Waals surface area contributed by atoms with Gasteiger partial charge in [-0.05, 0) is 24.6 Å². The van der Waals surface area contributed by atoms with E-state index in [9.17, 15) is 4.79 Å². The molecular formula is C19H22N4O2S. The zero-order valence-corrected chi connectivity index (χ0v) is 15.7. The lowest BCUT2D eigenvalue weighted by molar-refractivity contribution is -0.130. The molecule has 0 radical (unpaired) electrons. The van der Waals surface area contributed by atoms with E-state index in [2.05, 4.69) is 16.1 Å². The molecule has 6 nitrogen and oxygen atoms in total. The molecule has 2 aromatic rings. The Morgan fingerprint density at radius 3 is 2.62 bits per heavy atom. The molecule has 0 bridgehead atoms. The monoisotopic (exact) mass is 370 g/mol. The molecule has 1 aromatic heterocycles. The van der Waals surface area contributed by atoms with E-state index in [0.29, 0.717) is 11.3 Å². The Hall–Kier alpha value is -2.30. The fraction of sp³-hybridized carbons (Fsp3) is 0.421. The van der Waals surface area contributed by atoms with Crippen molar-refractivity contribution in [1.82, 2.24) is 15.0 Å². The van der Waals surface area contributed by atoms with Crippen LogP contribution in [0.25, 0.3) is 0 Å². The summed E-state index contributed by atoms with van der Waals surface area (Å²) in [5.74, 6) is 2.29. The molecule has 3 rings (SSSR count). The summed E-state index contributed by atoms with van der Waals surface area (Å²) in [6.45, 7) is 5.89. The maximum Gasteiger partial charge on any atom is 0.232 e. The first-order valence-corrected chi connectivity index (χ1v) is 9.78. The molecule has 2 heterocycles. The highest BCUT2D eigenvalue weighted by atomic mass is 32.2. The third-order valence-corrected chi connectivity index (χ3v) is 5.35. The van der Waals surface area contributed by atoms with Gasteiger partial charge in [0, 0.05) is 44.5 Å². The van der Waals surface area contributed by atoms with Gasteiger partial charge >= 0.3 is 0 Å². The van der Waals surface area contributed by atoms with Crippen molar-refractivity contribution < 1.29 is 9.32 Å². The first-order chi connectivity index (χ1) is 12.6. The van der Waals surface area contributed by atoms with E-state index >= 15 is 0 Å². The summed E-state index contributed by atoms with van der Waals surface area (Å²) < 4.78 is 5.10. The van der Waals surface area contributed by atoms with Crippen LogP contribution in [0.15, 0.2) is 34.9 Å². The van der Waals surface area contributed by atoms with E-state index in [1.54, 1.807) is 11.8 Å². The quantitative estimate of drug-likeness (QED) is 0.778. The molecule has 1 saturated heterocycles. The van der Waals surface area contributed by atoms with Gasteiger partial charge in [0.15, 0.2) is 0 Å². The van der Waals surface area contributed by atoms with Crippen molar-refractivity contribution in [2.24, 2.45) is 0 Å². The average molecular weight is 370 g/mol. The molecule has 1 aromatic carbocycles. The lowest BCUT2D eigenvalue weighted by atomic mass is 10.2. The Kier molecular flexibility index (Phi) is 6.31. The second-order valence-corrected chi connectivity index (χ2v) is 7.37. The number of nitriles is 1. The van der Waals surface area contributed by atoms with Crippen LogP contribution in [0, 0.1) is 18.3 Å². The molecule has 26 heavy (non-hydrogen) atoms. The number of carbonyl (C=O) groups is 1. The molecule has 0 aliphatic carbocycles. The number of aromatic nitrogens is 1. The molecule has 1 amide bonds. The Bertz CT molecular complexity index is 774. The highest BCUT2D eigenvalue weighted by Gasteiger charge is 2.21. The summed E-state index contributed by atoms with van der Waals surface area (Å²) in [5, 5.41) is 12.8. The lowest BCUT2D eigenvalue weighted by Crippen LogP contribution is -2.48. The molecule has 7 heteroatoms. The number of amides is 1. The number of nitrogens with zero attached hydrogens (tertiary/aromatic N) is 4. The summed E-state index contributed by atoms with van der Waals surface area (Å²) in [7, 11) is 0. The minimum Gasteiger partial charge on any atom is -0.361 e. The van der Waals surface area contributed by atoms with Gasteiger partial charge in [-0.3, -0.25) is 9.69 Å². The van der Waals surface area contributed by atoms with Crippen LogP contribution in [-0.2, 0) is 17.1 Å². The van der Waals surface area contributed by atoms with Crippen molar-refractivity contribution in [2.45, 2.75) is 19.2 Å². The number of hydrogen-bond donors (Lipinski definition) is 0. The second kappa shape index (κ2) is 8.88. The number of hydrogen-bond acceptors (Lipinski definition) is 6. The molecule has 1 aliphatic heterocycles. The van der Waals surface area contributed by atoms with Crippen LogP contribution in [0.4, 0.5) is 0 Å². The number of thioether (sulfide) groups is 1. The number of rotatable bonds is 6. The molecule has 0 N–H and O–H groups in total. The van der Waals surface area contributed by atoms with Gasteiger partial charge in [0.05, 0.1) is 23.1 Å². The molecule has 0 spiro atoms. The smallest absolute Gasteiger partial charge is 0.232 e. The Morgan fingerprint density at radius 2 is 2.00 bits per heavy atom. The average Bonchev–Trinajstić information content (AvgIpc) is 3.07. The van der Waals surface area contributed by atoms with E-state index in [4.69, 9.17) is 9.78 Å². The summed E-state index contributed by atoms with van der Waals surface area (Å²) in [6.07, 6.45) is 0. The van der Waals surface area contributed by atoms with Crippen molar-refractivity contribution >= 4 is 17.7 Å². The van der Waals surface area contributed by atoms with Crippen LogP contribution in [-0.4, -0.2) is 52.8 Å². The fourth-order valence-corrected chi connectivity index (χ4v) is 3.79. The largest absolute Gasteiger partial charge is 0.361 e. The van der Waals surface area contributed by atoms with Gasteiger partial charge in [0.25, 0.3) is 0 Å². The van der Waals surface area contributed by atoms with Gasteiger partial charge in [0.1, 0.15) is 5.76 Å². The molecule has 0 unspecified atom stereocenters. The number of piperazine rings is 1. The topological polar surface area (TPSA) is 73.4 Å². The van der Waals surface area contributed by atoms with Crippen molar-refractivity contribution in [3.05, 3.63) is 52.9 Å². The van der Waals surface area contributed by atoms with Crippen molar-refractivity contribution in [1.29, 1.82) is 5.26 Å². The lowest BCUT2D eigenvalue weighted by Gasteiger charge is -2.34. The van der Waals surface area contributed by atoms with E-state index in [1.807, 2.05) is 42.2 Å². The highest BCUT2D eigenvalue weighted by Crippen LogP contribution is 2.15. The van der Waals surface area contributed by atoms with E-state index in [-0.39, 0.29) is 5.91 Å². The first-order valence-electron chi connectivity index (χ1n) is 8.63. The normalized spacial score (nSPS) is 15.0. The summed E-state index contributed by atoms with van der Waals surface area (Å²) in [6, 6.07) is 11.6. The van der Waals surface area contributed by atoms with Gasteiger partial charge < -0.3 is 9.42 Å². The van der Waals surface area contributed by atoms with E-state index in [0.717, 1.165) is 55.5 Å². The zero-order valence-electron chi connectivity index (χ0n) is 14.9. The maximum absolute atomic E-state index is 12.4. The minimum absolute atomic E-state index is 0.195. The molecule has 1 fully saturated rings. The Morgan fingerprint density at radius 1 is 1.27 bits per heavy atom. The Balaban J connectivity index is 1.37.